The molecule has 1 amide bonds. The smallest absolute Gasteiger partial charge is 0.307 e. The van der Waals surface area contributed by atoms with Gasteiger partial charge < -0.3 is 15.2 Å². The number of rotatable bonds is 6. The first-order valence-corrected chi connectivity index (χ1v) is 8.81. The Morgan fingerprint density at radius 1 is 1.08 bits per heavy atom. The van der Waals surface area contributed by atoms with Gasteiger partial charge in [-0.25, -0.2) is 0 Å². The van der Waals surface area contributed by atoms with Gasteiger partial charge in [0.05, 0.1) is 25.0 Å². The van der Waals surface area contributed by atoms with Crippen molar-refractivity contribution < 1.29 is 19.4 Å². The largest absolute Gasteiger partial charge is 0.496 e. The van der Waals surface area contributed by atoms with Crippen molar-refractivity contribution in [1.82, 2.24) is 5.32 Å². The summed E-state index contributed by atoms with van der Waals surface area (Å²) in [5.74, 6) is -1.73. The highest BCUT2D eigenvalue weighted by molar-refractivity contribution is 6.31. The molecule has 1 aliphatic carbocycles. The Labute approximate surface area is 156 Å². The van der Waals surface area contributed by atoms with E-state index in [-0.39, 0.29) is 5.91 Å². The summed E-state index contributed by atoms with van der Waals surface area (Å²) in [5.41, 5.74) is 1.50. The van der Waals surface area contributed by atoms with Crippen LogP contribution in [-0.4, -0.2) is 24.1 Å². The van der Waals surface area contributed by atoms with Crippen LogP contribution >= 0.6 is 11.6 Å². The number of nitrogens with one attached hydrogen (secondary N) is 1. The average molecular weight is 374 g/mol. The zero-order chi connectivity index (χ0) is 18.7. The summed E-state index contributed by atoms with van der Waals surface area (Å²) in [5, 5.41) is 12.7. The van der Waals surface area contributed by atoms with Gasteiger partial charge in [0.15, 0.2) is 0 Å². The Balaban J connectivity index is 1.95. The highest BCUT2D eigenvalue weighted by atomic mass is 35.5. The summed E-state index contributed by atoms with van der Waals surface area (Å²) in [6.07, 6.45) is 1.10. The summed E-state index contributed by atoms with van der Waals surface area (Å²) >= 11 is 6.37. The maximum atomic E-state index is 12.7. The third-order valence-corrected chi connectivity index (χ3v) is 5.23. The molecule has 1 aliphatic rings. The molecule has 2 aromatic carbocycles. The van der Waals surface area contributed by atoms with Crippen LogP contribution in [0.4, 0.5) is 0 Å². The first-order valence-electron chi connectivity index (χ1n) is 8.43. The fourth-order valence-electron chi connectivity index (χ4n) is 3.30. The second-order valence-electron chi connectivity index (χ2n) is 6.33. The van der Waals surface area contributed by atoms with Crippen LogP contribution in [0.1, 0.15) is 30.0 Å². The minimum absolute atomic E-state index is 0.278. The molecule has 26 heavy (non-hydrogen) atoms. The van der Waals surface area contributed by atoms with Crippen molar-refractivity contribution in [3.63, 3.8) is 0 Å². The van der Waals surface area contributed by atoms with Gasteiger partial charge in [0.2, 0.25) is 5.91 Å². The fourth-order valence-corrected chi connectivity index (χ4v) is 3.54. The molecule has 0 aromatic heterocycles. The van der Waals surface area contributed by atoms with Crippen LogP contribution in [0.5, 0.6) is 5.75 Å². The van der Waals surface area contributed by atoms with Gasteiger partial charge in [0.25, 0.3) is 0 Å². The standard InChI is InChI=1S/C20H20ClNO4/c1-26-17-9-5-3-7-15(17)18(14-6-2-4-8-16(14)21)22-19(23)12-10-11-13(12)20(24)25/h2-9,12-13,18H,10-11H2,1H3,(H,22,23)(H,24,25). The summed E-state index contributed by atoms with van der Waals surface area (Å²) in [6.45, 7) is 0. The topological polar surface area (TPSA) is 75.6 Å². The first kappa shape index (κ1) is 18.3. The fraction of sp³-hybridized carbons (Fsp3) is 0.300. The highest BCUT2D eigenvalue weighted by Crippen LogP contribution is 2.37. The molecule has 2 N–H and O–H groups in total. The van der Waals surface area contributed by atoms with E-state index in [0.29, 0.717) is 23.6 Å². The van der Waals surface area contributed by atoms with E-state index in [1.807, 2.05) is 42.5 Å². The Morgan fingerprint density at radius 3 is 2.27 bits per heavy atom. The predicted molar refractivity (Wildman–Crippen MR) is 98.3 cm³/mol. The van der Waals surface area contributed by atoms with E-state index in [4.69, 9.17) is 16.3 Å². The number of benzene rings is 2. The van der Waals surface area contributed by atoms with E-state index in [2.05, 4.69) is 5.32 Å². The van der Waals surface area contributed by atoms with Crippen LogP contribution in [0.15, 0.2) is 48.5 Å². The van der Waals surface area contributed by atoms with Crippen molar-refractivity contribution in [2.45, 2.75) is 18.9 Å². The van der Waals surface area contributed by atoms with Gasteiger partial charge in [-0.15, -0.1) is 0 Å². The summed E-state index contributed by atoms with van der Waals surface area (Å²) < 4.78 is 5.44. The van der Waals surface area contributed by atoms with Gasteiger partial charge in [-0.3, -0.25) is 9.59 Å². The Morgan fingerprint density at radius 2 is 1.69 bits per heavy atom. The number of carbonyl (C=O) groups is 2. The minimum atomic E-state index is -0.928. The van der Waals surface area contributed by atoms with Crippen molar-refractivity contribution in [2.24, 2.45) is 11.8 Å². The molecule has 0 saturated heterocycles. The van der Waals surface area contributed by atoms with Crippen LogP contribution in [0.2, 0.25) is 5.02 Å². The number of ether oxygens (including phenoxy) is 1. The van der Waals surface area contributed by atoms with E-state index >= 15 is 0 Å². The Hall–Kier alpha value is -2.53. The van der Waals surface area contributed by atoms with E-state index in [1.54, 1.807) is 13.2 Å². The molecule has 3 atom stereocenters. The molecular weight excluding hydrogens is 354 g/mol. The van der Waals surface area contributed by atoms with Gasteiger partial charge in [-0.05, 0) is 30.5 Å². The third kappa shape index (κ3) is 3.53. The lowest BCUT2D eigenvalue weighted by molar-refractivity contribution is -0.152. The number of halogens is 1. The van der Waals surface area contributed by atoms with Gasteiger partial charge in [0, 0.05) is 10.6 Å². The molecule has 136 valence electrons. The lowest BCUT2D eigenvalue weighted by atomic mass is 9.73. The number of hydrogen-bond acceptors (Lipinski definition) is 3. The molecule has 3 unspecified atom stereocenters. The van der Waals surface area contributed by atoms with Crippen LogP contribution < -0.4 is 10.1 Å². The number of hydrogen-bond donors (Lipinski definition) is 2. The number of amides is 1. The van der Waals surface area contributed by atoms with Gasteiger partial charge in [-0.2, -0.15) is 0 Å². The number of methoxy groups -OCH3 is 1. The first-order chi connectivity index (χ1) is 12.5. The van der Waals surface area contributed by atoms with Crippen LogP contribution in [0.3, 0.4) is 0 Å². The van der Waals surface area contributed by atoms with Crippen molar-refractivity contribution in [3.8, 4) is 5.75 Å². The monoisotopic (exact) mass is 373 g/mol. The number of aliphatic carboxylic acids is 1. The maximum absolute atomic E-state index is 12.7. The molecule has 1 saturated carbocycles. The third-order valence-electron chi connectivity index (χ3n) is 4.88. The number of carbonyl (C=O) groups excluding carboxylic acids is 1. The minimum Gasteiger partial charge on any atom is -0.496 e. The van der Waals surface area contributed by atoms with E-state index in [9.17, 15) is 14.7 Å². The van der Waals surface area contributed by atoms with E-state index in [0.717, 1.165) is 11.1 Å². The number of para-hydroxylation sites is 1. The van der Waals surface area contributed by atoms with Crippen molar-refractivity contribution in [3.05, 3.63) is 64.7 Å². The summed E-state index contributed by atoms with van der Waals surface area (Å²) in [6, 6.07) is 14.1. The van der Waals surface area contributed by atoms with E-state index in [1.165, 1.54) is 0 Å². The molecule has 0 spiro atoms. The maximum Gasteiger partial charge on any atom is 0.307 e. The van der Waals surface area contributed by atoms with Gasteiger partial charge in [-0.1, -0.05) is 48.0 Å². The molecule has 5 nitrogen and oxygen atoms in total. The highest BCUT2D eigenvalue weighted by Gasteiger charge is 2.42. The second kappa shape index (κ2) is 7.79. The lowest BCUT2D eigenvalue weighted by Gasteiger charge is -2.34. The summed E-state index contributed by atoms with van der Waals surface area (Å²) in [4.78, 5) is 24.0. The zero-order valence-electron chi connectivity index (χ0n) is 14.3. The molecule has 6 heteroatoms. The van der Waals surface area contributed by atoms with Crippen molar-refractivity contribution in [2.75, 3.05) is 7.11 Å². The molecule has 0 heterocycles. The Bertz CT molecular complexity index is 823. The lowest BCUT2D eigenvalue weighted by Crippen LogP contribution is -2.45. The molecule has 0 radical (unpaired) electrons. The van der Waals surface area contributed by atoms with Gasteiger partial charge >= 0.3 is 5.97 Å². The SMILES string of the molecule is COc1ccccc1C(NC(=O)C1CCC1C(=O)O)c1ccccc1Cl. The molecule has 2 aromatic rings. The molecule has 0 aliphatic heterocycles. The van der Waals surface area contributed by atoms with Crippen LogP contribution in [-0.2, 0) is 9.59 Å². The average Bonchev–Trinajstić information content (AvgIpc) is 2.59. The Kier molecular flexibility index (Phi) is 5.47. The second-order valence-corrected chi connectivity index (χ2v) is 6.74. The molecule has 0 bridgehead atoms. The predicted octanol–water partition coefficient (Wildman–Crippen LogP) is 3.67. The van der Waals surface area contributed by atoms with Crippen molar-refractivity contribution in [1.29, 1.82) is 0 Å². The number of carboxylic acid groups (broad SMARTS) is 1. The zero-order valence-corrected chi connectivity index (χ0v) is 15.1. The number of carboxylic acids is 1. The van der Waals surface area contributed by atoms with Crippen LogP contribution in [0, 0.1) is 11.8 Å². The molecule has 1 fully saturated rings. The molecule has 3 rings (SSSR count). The van der Waals surface area contributed by atoms with Gasteiger partial charge in [0.1, 0.15) is 5.75 Å². The van der Waals surface area contributed by atoms with Crippen LogP contribution in [0.25, 0.3) is 0 Å². The quantitative estimate of drug-likeness (QED) is 0.810. The normalized spacial score (nSPS) is 19.9. The van der Waals surface area contributed by atoms with E-state index < -0.39 is 23.8 Å². The van der Waals surface area contributed by atoms with Crippen molar-refractivity contribution >= 4 is 23.5 Å². The summed E-state index contributed by atoms with van der Waals surface area (Å²) in [7, 11) is 1.57. The molecular formula is C20H20ClNO4.